The first kappa shape index (κ1) is 13.3. The smallest absolute Gasteiger partial charge is 0.217 e. The van der Waals surface area contributed by atoms with Crippen LogP contribution in [0.1, 0.15) is 19.3 Å². The molecule has 0 aliphatic heterocycles. The molecule has 0 heterocycles. The molecular formula is C12H17FN2O2. The Bertz CT molecular complexity index is 383. The molecule has 94 valence electrons. The average Bonchev–Trinajstić information content (AvgIpc) is 2.28. The molecule has 1 rings (SSSR count). The van der Waals surface area contributed by atoms with Gasteiger partial charge in [-0.05, 0) is 25.0 Å². The Morgan fingerprint density at radius 3 is 2.82 bits per heavy atom. The number of carbonyl (C=O) groups excluding carboxylic acids is 1. The fourth-order valence-electron chi connectivity index (χ4n) is 1.43. The number of carbonyl (C=O) groups is 1. The molecule has 3 N–H and O–H groups in total. The second kappa shape index (κ2) is 6.73. The summed E-state index contributed by atoms with van der Waals surface area (Å²) in [6.07, 6.45) is 1.94. The molecule has 0 fully saturated rings. The quantitative estimate of drug-likeness (QED) is 0.715. The maximum absolute atomic E-state index is 13.3. The number of nitrogens with one attached hydrogen (secondary N) is 1. The van der Waals surface area contributed by atoms with Gasteiger partial charge in [0.05, 0.1) is 7.11 Å². The standard InChI is InChI=1S/C12H17FN2O2/c1-17-11-6-5-9(8-10(11)13)15-7-3-2-4-12(14)16/h5-6,8,15H,2-4,7H2,1H3,(H2,14,16). The van der Waals surface area contributed by atoms with Crippen LogP contribution >= 0.6 is 0 Å². The topological polar surface area (TPSA) is 64.3 Å². The molecule has 0 saturated heterocycles. The van der Waals surface area contributed by atoms with Gasteiger partial charge in [0.1, 0.15) is 0 Å². The third-order valence-electron chi connectivity index (χ3n) is 2.33. The van der Waals surface area contributed by atoms with Crippen LogP contribution < -0.4 is 15.8 Å². The second-order valence-corrected chi connectivity index (χ2v) is 3.70. The number of unbranched alkanes of at least 4 members (excludes halogenated alkanes) is 1. The molecule has 1 aromatic rings. The van der Waals surface area contributed by atoms with Crippen LogP contribution in [-0.2, 0) is 4.79 Å². The molecule has 1 aromatic carbocycles. The molecular weight excluding hydrogens is 223 g/mol. The number of halogens is 1. The van der Waals surface area contributed by atoms with E-state index < -0.39 is 5.82 Å². The van der Waals surface area contributed by atoms with Crippen LogP contribution in [-0.4, -0.2) is 19.6 Å². The van der Waals surface area contributed by atoms with Gasteiger partial charge in [-0.3, -0.25) is 4.79 Å². The first-order valence-corrected chi connectivity index (χ1v) is 5.49. The number of methoxy groups -OCH3 is 1. The molecule has 1 amide bonds. The molecule has 17 heavy (non-hydrogen) atoms. The van der Waals surface area contributed by atoms with Gasteiger partial charge < -0.3 is 15.8 Å². The molecule has 0 saturated carbocycles. The van der Waals surface area contributed by atoms with Crippen molar-refractivity contribution in [3.8, 4) is 5.75 Å². The molecule has 4 nitrogen and oxygen atoms in total. The Morgan fingerprint density at radius 1 is 1.47 bits per heavy atom. The average molecular weight is 240 g/mol. The third kappa shape index (κ3) is 4.72. The van der Waals surface area contributed by atoms with E-state index in [2.05, 4.69) is 5.32 Å². The number of hydrogen-bond acceptors (Lipinski definition) is 3. The van der Waals surface area contributed by atoms with Crippen LogP contribution in [0.4, 0.5) is 10.1 Å². The summed E-state index contributed by atoms with van der Waals surface area (Å²) in [6.45, 7) is 0.680. The maximum atomic E-state index is 13.3. The van der Waals surface area contributed by atoms with Crippen LogP contribution in [0, 0.1) is 5.82 Å². The summed E-state index contributed by atoms with van der Waals surface area (Å²) < 4.78 is 18.1. The van der Waals surface area contributed by atoms with Gasteiger partial charge in [-0.15, -0.1) is 0 Å². The number of hydrogen-bond donors (Lipinski definition) is 2. The summed E-state index contributed by atoms with van der Waals surface area (Å²) in [7, 11) is 1.43. The van der Waals surface area contributed by atoms with Gasteiger partial charge in [0.15, 0.2) is 11.6 Å². The van der Waals surface area contributed by atoms with E-state index in [0.29, 0.717) is 18.7 Å². The molecule has 0 spiro atoms. The molecule has 0 aliphatic carbocycles. The Balaban J connectivity index is 2.32. The molecule has 0 atom stereocenters. The fraction of sp³-hybridized carbons (Fsp3) is 0.417. The minimum atomic E-state index is -0.394. The number of benzene rings is 1. The lowest BCUT2D eigenvalue weighted by Gasteiger charge is -2.07. The van der Waals surface area contributed by atoms with Crippen molar-refractivity contribution in [3.63, 3.8) is 0 Å². The van der Waals surface area contributed by atoms with Crippen LogP contribution in [0.25, 0.3) is 0 Å². The number of ether oxygens (including phenoxy) is 1. The number of rotatable bonds is 7. The lowest BCUT2D eigenvalue weighted by Crippen LogP contribution is -2.10. The van der Waals surface area contributed by atoms with Crippen molar-refractivity contribution in [2.24, 2.45) is 5.73 Å². The van der Waals surface area contributed by atoms with E-state index in [4.69, 9.17) is 10.5 Å². The highest BCUT2D eigenvalue weighted by molar-refractivity contribution is 5.73. The lowest BCUT2D eigenvalue weighted by molar-refractivity contribution is -0.118. The van der Waals surface area contributed by atoms with Crippen LogP contribution in [0.15, 0.2) is 18.2 Å². The largest absolute Gasteiger partial charge is 0.494 e. The monoisotopic (exact) mass is 240 g/mol. The Kier molecular flexibility index (Phi) is 5.26. The summed E-state index contributed by atoms with van der Waals surface area (Å²) in [5.41, 5.74) is 5.71. The predicted molar refractivity (Wildman–Crippen MR) is 64.5 cm³/mol. The van der Waals surface area contributed by atoms with Crippen LogP contribution in [0.3, 0.4) is 0 Å². The SMILES string of the molecule is COc1ccc(NCCCCC(N)=O)cc1F. The molecule has 0 bridgehead atoms. The van der Waals surface area contributed by atoms with Crippen molar-refractivity contribution < 1.29 is 13.9 Å². The Hall–Kier alpha value is -1.78. The van der Waals surface area contributed by atoms with Crippen molar-refractivity contribution in [1.82, 2.24) is 0 Å². The third-order valence-corrected chi connectivity index (χ3v) is 2.33. The minimum absolute atomic E-state index is 0.226. The number of amides is 1. The number of nitrogens with two attached hydrogens (primary N) is 1. The predicted octanol–water partition coefficient (Wildman–Crippen LogP) is 1.90. The molecule has 0 radical (unpaired) electrons. The highest BCUT2D eigenvalue weighted by Gasteiger charge is 2.02. The van der Waals surface area contributed by atoms with E-state index in [1.165, 1.54) is 13.2 Å². The second-order valence-electron chi connectivity index (χ2n) is 3.70. The van der Waals surface area contributed by atoms with Gasteiger partial charge in [-0.2, -0.15) is 0 Å². The van der Waals surface area contributed by atoms with Crippen molar-refractivity contribution >= 4 is 11.6 Å². The van der Waals surface area contributed by atoms with Gasteiger partial charge >= 0.3 is 0 Å². The summed E-state index contributed by atoms with van der Waals surface area (Å²) >= 11 is 0. The summed E-state index contributed by atoms with van der Waals surface area (Å²) in [6, 6.07) is 4.70. The van der Waals surface area contributed by atoms with Crippen LogP contribution in [0.5, 0.6) is 5.75 Å². The highest BCUT2D eigenvalue weighted by atomic mass is 19.1. The summed E-state index contributed by atoms with van der Waals surface area (Å²) in [5, 5.41) is 3.06. The minimum Gasteiger partial charge on any atom is -0.494 e. The van der Waals surface area contributed by atoms with E-state index in [1.807, 2.05) is 0 Å². The van der Waals surface area contributed by atoms with Crippen molar-refractivity contribution in [2.45, 2.75) is 19.3 Å². The number of anilines is 1. The highest BCUT2D eigenvalue weighted by Crippen LogP contribution is 2.20. The van der Waals surface area contributed by atoms with Crippen LogP contribution in [0.2, 0.25) is 0 Å². The molecule has 0 unspecified atom stereocenters. The number of primary amides is 1. The van der Waals surface area contributed by atoms with E-state index >= 15 is 0 Å². The van der Waals surface area contributed by atoms with E-state index in [-0.39, 0.29) is 11.7 Å². The fourth-order valence-corrected chi connectivity index (χ4v) is 1.43. The summed E-state index contributed by atoms with van der Waals surface area (Å²) in [5.74, 6) is -0.459. The zero-order valence-electron chi connectivity index (χ0n) is 9.83. The Morgan fingerprint density at radius 2 is 2.24 bits per heavy atom. The normalized spacial score (nSPS) is 10.0. The van der Waals surface area contributed by atoms with E-state index in [1.54, 1.807) is 12.1 Å². The zero-order chi connectivity index (χ0) is 12.7. The first-order valence-electron chi connectivity index (χ1n) is 5.49. The van der Waals surface area contributed by atoms with Gasteiger partial charge in [0.25, 0.3) is 0 Å². The summed E-state index contributed by atoms with van der Waals surface area (Å²) in [4.78, 5) is 10.5. The van der Waals surface area contributed by atoms with Crippen molar-refractivity contribution in [3.05, 3.63) is 24.0 Å². The first-order chi connectivity index (χ1) is 8.13. The van der Waals surface area contributed by atoms with E-state index in [9.17, 15) is 9.18 Å². The lowest BCUT2D eigenvalue weighted by atomic mass is 10.2. The maximum Gasteiger partial charge on any atom is 0.217 e. The van der Waals surface area contributed by atoms with Crippen molar-refractivity contribution in [1.29, 1.82) is 0 Å². The zero-order valence-corrected chi connectivity index (χ0v) is 9.83. The molecule has 0 aliphatic rings. The van der Waals surface area contributed by atoms with E-state index in [0.717, 1.165) is 12.8 Å². The van der Waals surface area contributed by atoms with Gasteiger partial charge in [-0.25, -0.2) is 4.39 Å². The molecule has 5 heteroatoms. The molecule has 0 aromatic heterocycles. The van der Waals surface area contributed by atoms with Gasteiger partial charge in [-0.1, -0.05) is 0 Å². The van der Waals surface area contributed by atoms with Gasteiger partial charge in [0, 0.05) is 24.7 Å². The van der Waals surface area contributed by atoms with Gasteiger partial charge in [0.2, 0.25) is 5.91 Å². The Labute approximate surface area is 100.0 Å². The van der Waals surface area contributed by atoms with Crippen molar-refractivity contribution in [2.75, 3.05) is 19.0 Å².